The Bertz CT molecular complexity index is 918. The number of hydrogen-bond donors (Lipinski definition) is 0. The summed E-state index contributed by atoms with van der Waals surface area (Å²) in [5.41, 5.74) is 4.91. The molecular formula is C26H27NO. The molecule has 2 aromatic carbocycles. The lowest BCUT2D eigenvalue weighted by atomic mass is 9.75. The van der Waals surface area contributed by atoms with Crippen LogP contribution in [-0.2, 0) is 4.79 Å². The highest BCUT2D eigenvalue weighted by molar-refractivity contribution is 6.01. The number of benzene rings is 2. The molecule has 0 radical (unpaired) electrons. The summed E-state index contributed by atoms with van der Waals surface area (Å²) in [7, 11) is 0. The van der Waals surface area contributed by atoms with E-state index in [1.54, 1.807) is 0 Å². The Labute approximate surface area is 168 Å². The average Bonchev–Trinajstić information content (AvgIpc) is 2.68. The Morgan fingerprint density at radius 3 is 2.18 bits per heavy atom. The van der Waals surface area contributed by atoms with Gasteiger partial charge in [0.15, 0.2) is 5.78 Å². The Balaban J connectivity index is 1.97. The highest BCUT2D eigenvalue weighted by Crippen LogP contribution is 2.40. The third-order valence-electron chi connectivity index (χ3n) is 5.64. The number of Topliss-reactive ketones (excluding diaryl/α,β-unsaturated/α-hetero) is 1. The molecule has 1 aliphatic carbocycles. The van der Waals surface area contributed by atoms with E-state index in [9.17, 15) is 10.1 Å². The zero-order valence-corrected chi connectivity index (χ0v) is 16.7. The van der Waals surface area contributed by atoms with Crippen molar-refractivity contribution >= 4 is 5.78 Å². The molecule has 142 valence electrons. The molecule has 0 fully saturated rings. The largest absolute Gasteiger partial charge is 0.294 e. The molecule has 0 spiro atoms. The second kappa shape index (κ2) is 8.85. The minimum absolute atomic E-state index is 0.0476. The molecule has 0 aromatic heterocycles. The van der Waals surface area contributed by atoms with Gasteiger partial charge in [-0.2, -0.15) is 5.26 Å². The molecule has 3 atom stereocenters. The van der Waals surface area contributed by atoms with E-state index in [-0.39, 0.29) is 17.6 Å². The van der Waals surface area contributed by atoms with Gasteiger partial charge in [0.2, 0.25) is 0 Å². The number of nitriles is 1. The molecule has 0 bridgehead atoms. The van der Waals surface area contributed by atoms with Gasteiger partial charge in [0.05, 0.1) is 12.0 Å². The average molecular weight is 370 g/mol. The van der Waals surface area contributed by atoms with Crippen molar-refractivity contribution in [3.63, 3.8) is 0 Å². The molecule has 2 nitrogen and oxygen atoms in total. The van der Waals surface area contributed by atoms with Crippen LogP contribution < -0.4 is 0 Å². The van der Waals surface area contributed by atoms with E-state index < -0.39 is 0 Å². The van der Waals surface area contributed by atoms with Crippen LogP contribution in [0.5, 0.6) is 0 Å². The molecular weight excluding hydrogens is 342 g/mol. The van der Waals surface area contributed by atoms with Gasteiger partial charge in [0, 0.05) is 17.9 Å². The Morgan fingerprint density at radius 1 is 1.07 bits per heavy atom. The van der Waals surface area contributed by atoms with E-state index in [1.807, 2.05) is 55.5 Å². The van der Waals surface area contributed by atoms with Gasteiger partial charge in [-0.3, -0.25) is 4.79 Å². The summed E-state index contributed by atoms with van der Waals surface area (Å²) in [6, 6.07) is 22.5. The van der Waals surface area contributed by atoms with Crippen molar-refractivity contribution in [1.82, 2.24) is 0 Å². The standard InChI is InChI=1S/C26H27NO/c1-18-14-19(2)26(25(28)15-18)20(3)16-23(21-10-6-4-7-11-21)24(17-27)22-12-8-5-9-13-22/h4-13,18,23-24H,3,14-16H2,1-2H3. The fourth-order valence-electron chi connectivity index (χ4n) is 4.41. The molecule has 3 unspecified atom stereocenters. The monoisotopic (exact) mass is 369 g/mol. The quantitative estimate of drug-likeness (QED) is 0.596. The van der Waals surface area contributed by atoms with Crippen LogP contribution in [0, 0.1) is 17.2 Å². The minimum atomic E-state index is -0.293. The number of allylic oxidation sites excluding steroid dienone is 3. The van der Waals surface area contributed by atoms with Crippen molar-refractivity contribution in [3.8, 4) is 6.07 Å². The predicted molar refractivity (Wildman–Crippen MR) is 114 cm³/mol. The molecule has 1 aliphatic rings. The maximum Gasteiger partial charge on any atom is 0.163 e. The Hall–Kier alpha value is -2.92. The molecule has 0 N–H and O–H groups in total. The number of carbonyl (C=O) groups is 1. The highest BCUT2D eigenvalue weighted by Gasteiger charge is 2.30. The Morgan fingerprint density at radius 2 is 1.64 bits per heavy atom. The lowest BCUT2D eigenvalue weighted by molar-refractivity contribution is -0.116. The van der Waals surface area contributed by atoms with Gasteiger partial charge < -0.3 is 0 Å². The summed E-state index contributed by atoms with van der Waals surface area (Å²) in [6.45, 7) is 8.46. The number of carbonyl (C=O) groups excluding carboxylic acids is 1. The van der Waals surface area contributed by atoms with Crippen LogP contribution >= 0.6 is 0 Å². The van der Waals surface area contributed by atoms with Crippen LogP contribution in [0.2, 0.25) is 0 Å². The number of nitrogens with zero attached hydrogens (tertiary/aromatic N) is 1. The second-order valence-corrected chi connectivity index (χ2v) is 7.93. The molecule has 2 aromatic rings. The molecule has 0 saturated heterocycles. The van der Waals surface area contributed by atoms with E-state index in [0.717, 1.165) is 34.3 Å². The third-order valence-corrected chi connectivity index (χ3v) is 5.64. The zero-order chi connectivity index (χ0) is 20.1. The van der Waals surface area contributed by atoms with Crippen molar-refractivity contribution in [2.45, 2.75) is 44.9 Å². The fourth-order valence-corrected chi connectivity index (χ4v) is 4.41. The minimum Gasteiger partial charge on any atom is -0.294 e. The van der Waals surface area contributed by atoms with Crippen LogP contribution in [0.1, 0.15) is 56.1 Å². The van der Waals surface area contributed by atoms with Crippen LogP contribution in [0.3, 0.4) is 0 Å². The molecule has 0 saturated carbocycles. The Kier molecular flexibility index (Phi) is 6.26. The maximum absolute atomic E-state index is 12.7. The first-order valence-electron chi connectivity index (χ1n) is 9.91. The molecule has 2 heteroatoms. The van der Waals surface area contributed by atoms with Crippen LogP contribution in [0.15, 0.2) is 84.0 Å². The zero-order valence-electron chi connectivity index (χ0n) is 16.7. The van der Waals surface area contributed by atoms with Crippen molar-refractivity contribution in [1.29, 1.82) is 5.26 Å². The van der Waals surface area contributed by atoms with Gasteiger partial charge in [-0.15, -0.1) is 0 Å². The van der Waals surface area contributed by atoms with Crippen molar-refractivity contribution in [2.24, 2.45) is 5.92 Å². The van der Waals surface area contributed by atoms with Gasteiger partial charge in [-0.25, -0.2) is 0 Å². The summed E-state index contributed by atoms with van der Waals surface area (Å²) in [5.74, 6) is 0.249. The van der Waals surface area contributed by atoms with Crippen molar-refractivity contribution in [2.75, 3.05) is 0 Å². The summed E-state index contributed by atoms with van der Waals surface area (Å²) >= 11 is 0. The number of rotatable bonds is 6. The maximum atomic E-state index is 12.7. The fraction of sp³-hybridized carbons (Fsp3) is 0.308. The van der Waals surface area contributed by atoms with Crippen molar-refractivity contribution in [3.05, 3.63) is 95.1 Å². The first-order chi connectivity index (χ1) is 13.5. The van der Waals surface area contributed by atoms with E-state index in [1.165, 1.54) is 0 Å². The number of ketones is 1. The summed E-state index contributed by atoms with van der Waals surface area (Å²) in [6.07, 6.45) is 2.13. The molecule has 28 heavy (non-hydrogen) atoms. The molecule has 0 amide bonds. The lowest BCUT2D eigenvalue weighted by Gasteiger charge is -2.28. The first kappa shape index (κ1) is 19.8. The highest BCUT2D eigenvalue weighted by atomic mass is 16.1. The first-order valence-corrected chi connectivity index (χ1v) is 9.91. The topological polar surface area (TPSA) is 40.9 Å². The SMILES string of the molecule is C=C(CC(c1ccccc1)C(C#N)c1ccccc1)C1=C(C)CC(C)CC1=O. The van der Waals surface area contributed by atoms with E-state index in [0.29, 0.717) is 18.8 Å². The molecule has 3 rings (SSSR count). The van der Waals surface area contributed by atoms with Crippen molar-refractivity contribution < 1.29 is 4.79 Å². The third kappa shape index (κ3) is 4.31. The molecule has 0 aliphatic heterocycles. The van der Waals surface area contributed by atoms with Gasteiger partial charge in [0.1, 0.15) is 0 Å². The van der Waals surface area contributed by atoms with E-state index >= 15 is 0 Å². The van der Waals surface area contributed by atoms with Gasteiger partial charge in [-0.1, -0.05) is 79.7 Å². The molecule has 0 heterocycles. The lowest BCUT2D eigenvalue weighted by Crippen LogP contribution is -2.19. The summed E-state index contributed by atoms with van der Waals surface area (Å²) < 4.78 is 0. The van der Waals surface area contributed by atoms with Gasteiger partial charge in [0.25, 0.3) is 0 Å². The second-order valence-electron chi connectivity index (χ2n) is 7.93. The normalized spacial score (nSPS) is 19.0. The van der Waals surface area contributed by atoms with Gasteiger partial charge >= 0.3 is 0 Å². The van der Waals surface area contributed by atoms with Gasteiger partial charge in [-0.05, 0) is 42.4 Å². The van der Waals surface area contributed by atoms with E-state index in [4.69, 9.17) is 0 Å². The van der Waals surface area contributed by atoms with Crippen LogP contribution in [-0.4, -0.2) is 5.78 Å². The number of hydrogen-bond acceptors (Lipinski definition) is 2. The smallest absolute Gasteiger partial charge is 0.163 e. The summed E-state index contributed by atoms with van der Waals surface area (Å²) in [4.78, 5) is 12.7. The van der Waals surface area contributed by atoms with Crippen LogP contribution in [0.25, 0.3) is 0 Å². The summed E-state index contributed by atoms with van der Waals surface area (Å²) in [5, 5.41) is 10.0. The van der Waals surface area contributed by atoms with E-state index in [2.05, 4.69) is 31.7 Å². The van der Waals surface area contributed by atoms with Crippen LogP contribution in [0.4, 0.5) is 0 Å². The predicted octanol–water partition coefficient (Wildman–Crippen LogP) is 6.34.